The number of ether oxygens (including phenoxy) is 3. The van der Waals surface area contributed by atoms with Crippen molar-refractivity contribution in [3.8, 4) is 0 Å². The van der Waals surface area contributed by atoms with E-state index in [4.69, 9.17) is 14.2 Å². The van der Waals surface area contributed by atoms with Gasteiger partial charge in [0.25, 0.3) is 0 Å². The van der Waals surface area contributed by atoms with Gasteiger partial charge in [0, 0.05) is 4.47 Å². The van der Waals surface area contributed by atoms with Gasteiger partial charge in [-0.3, -0.25) is 0 Å². The van der Waals surface area contributed by atoms with Gasteiger partial charge >= 0.3 is 0 Å². The van der Waals surface area contributed by atoms with Crippen molar-refractivity contribution >= 4 is 15.9 Å². The summed E-state index contributed by atoms with van der Waals surface area (Å²) in [5.74, 6) is 0. The minimum Gasteiger partial charge on any atom is -0.366 e. The zero-order valence-corrected chi connectivity index (χ0v) is 13.1. The lowest BCUT2D eigenvalue weighted by Gasteiger charge is -2.37. The van der Waals surface area contributed by atoms with Crippen molar-refractivity contribution in [2.75, 3.05) is 13.2 Å². The van der Waals surface area contributed by atoms with Crippen LogP contribution in [0.1, 0.15) is 32.3 Å². The number of halogens is 1. The Balaban J connectivity index is 1.84. The summed E-state index contributed by atoms with van der Waals surface area (Å²) in [6, 6.07) is 8.08. The molecule has 2 rings (SSSR count). The first-order chi connectivity index (χ1) is 9.13. The molecular weight excluding hydrogens is 308 g/mol. The van der Waals surface area contributed by atoms with E-state index >= 15 is 0 Å². The van der Waals surface area contributed by atoms with Crippen LogP contribution in [0.4, 0.5) is 0 Å². The van der Waals surface area contributed by atoms with E-state index in [0.29, 0.717) is 19.8 Å². The number of hydrogen-bond acceptors (Lipinski definition) is 3. The zero-order chi connectivity index (χ0) is 13.7. The van der Waals surface area contributed by atoms with Gasteiger partial charge in [-0.05, 0) is 25.0 Å². The van der Waals surface area contributed by atoms with E-state index in [1.165, 1.54) is 0 Å². The molecule has 1 aromatic rings. The SMILES string of the molecule is CCCC1OCC(C)(OCc2ccccc2Br)CO1. The fourth-order valence-electron chi connectivity index (χ4n) is 1.98. The molecular formula is C15H21BrO3. The molecule has 0 radical (unpaired) electrons. The molecule has 1 fully saturated rings. The third-order valence-electron chi connectivity index (χ3n) is 3.21. The van der Waals surface area contributed by atoms with Crippen LogP contribution in [0.25, 0.3) is 0 Å². The molecule has 1 aliphatic heterocycles. The molecule has 0 aromatic heterocycles. The highest BCUT2D eigenvalue weighted by molar-refractivity contribution is 9.10. The van der Waals surface area contributed by atoms with Crippen LogP contribution in [0.2, 0.25) is 0 Å². The van der Waals surface area contributed by atoms with Crippen LogP contribution in [0.5, 0.6) is 0 Å². The Labute approximate surface area is 123 Å². The van der Waals surface area contributed by atoms with Crippen molar-refractivity contribution in [2.45, 2.75) is 45.2 Å². The quantitative estimate of drug-likeness (QED) is 0.820. The molecule has 3 nitrogen and oxygen atoms in total. The Kier molecular flexibility index (Phi) is 5.39. The van der Waals surface area contributed by atoms with Crippen molar-refractivity contribution in [3.05, 3.63) is 34.3 Å². The standard InChI is InChI=1S/C15H21BrO3/c1-3-6-14-17-10-15(2,11-18-14)19-9-12-7-4-5-8-13(12)16/h4-5,7-8,14H,3,6,9-11H2,1-2H3. The van der Waals surface area contributed by atoms with Gasteiger partial charge in [-0.25, -0.2) is 0 Å². The lowest BCUT2D eigenvalue weighted by molar-refractivity contribution is -0.264. The summed E-state index contributed by atoms with van der Waals surface area (Å²) in [5.41, 5.74) is 0.777. The van der Waals surface area contributed by atoms with Gasteiger partial charge in [-0.15, -0.1) is 0 Å². The summed E-state index contributed by atoms with van der Waals surface area (Å²) in [4.78, 5) is 0. The molecule has 1 aliphatic rings. The third-order valence-corrected chi connectivity index (χ3v) is 3.98. The molecule has 106 valence electrons. The number of rotatable bonds is 5. The highest BCUT2D eigenvalue weighted by Crippen LogP contribution is 2.24. The molecule has 19 heavy (non-hydrogen) atoms. The van der Waals surface area contributed by atoms with Crippen molar-refractivity contribution in [1.82, 2.24) is 0 Å². The van der Waals surface area contributed by atoms with Gasteiger partial charge < -0.3 is 14.2 Å². The molecule has 0 unspecified atom stereocenters. The van der Waals surface area contributed by atoms with Gasteiger partial charge in [-0.1, -0.05) is 47.5 Å². The topological polar surface area (TPSA) is 27.7 Å². The van der Waals surface area contributed by atoms with Gasteiger partial charge in [0.05, 0.1) is 19.8 Å². The molecule has 1 heterocycles. The van der Waals surface area contributed by atoms with E-state index in [1.807, 2.05) is 25.1 Å². The van der Waals surface area contributed by atoms with E-state index in [9.17, 15) is 0 Å². The van der Waals surface area contributed by atoms with Crippen LogP contribution < -0.4 is 0 Å². The summed E-state index contributed by atoms with van der Waals surface area (Å²) < 4.78 is 18.4. The molecule has 1 saturated heterocycles. The summed E-state index contributed by atoms with van der Waals surface area (Å²) in [6.07, 6.45) is 1.95. The van der Waals surface area contributed by atoms with Crippen molar-refractivity contribution in [1.29, 1.82) is 0 Å². The van der Waals surface area contributed by atoms with Crippen LogP contribution in [0, 0.1) is 0 Å². The van der Waals surface area contributed by atoms with Gasteiger partial charge in [0.2, 0.25) is 0 Å². The first-order valence-corrected chi connectivity index (χ1v) is 7.53. The number of benzene rings is 1. The molecule has 4 heteroatoms. The summed E-state index contributed by atoms with van der Waals surface area (Å²) in [6.45, 7) is 5.89. The second-order valence-corrected chi connectivity index (χ2v) is 6.02. The lowest BCUT2D eigenvalue weighted by atomic mass is 10.1. The first kappa shape index (κ1) is 15.0. The monoisotopic (exact) mass is 328 g/mol. The van der Waals surface area contributed by atoms with E-state index in [2.05, 4.69) is 28.9 Å². The third kappa shape index (κ3) is 4.28. The molecule has 1 aromatic carbocycles. The van der Waals surface area contributed by atoms with E-state index < -0.39 is 0 Å². The average Bonchev–Trinajstić information content (AvgIpc) is 2.41. The molecule has 0 bridgehead atoms. The van der Waals surface area contributed by atoms with Gasteiger partial charge in [0.1, 0.15) is 5.60 Å². The van der Waals surface area contributed by atoms with Crippen LogP contribution in [0.3, 0.4) is 0 Å². The minimum absolute atomic E-state index is 0.0647. The maximum atomic E-state index is 5.98. The Morgan fingerprint density at radius 2 is 2.00 bits per heavy atom. The molecule has 0 spiro atoms. The highest BCUT2D eigenvalue weighted by Gasteiger charge is 2.33. The Bertz CT molecular complexity index is 400. The lowest BCUT2D eigenvalue weighted by Crippen LogP contribution is -2.47. The summed E-state index contributed by atoms with van der Waals surface area (Å²) in [5, 5.41) is 0. The van der Waals surface area contributed by atoms with E-state index in [1.54, 1.807) is 0 Å². The maximum Gasteiger partial charge on any atom is 0.157 e. The maximum absolute atomic E-state index is 5.98. The Hall–Kier alpha value is -0.420. The van der Waals surface area contributed by atoms with E-state index in [-0.39, 0.29) is 11.9 Å². The highest BCUT2D eigenvalue weighted by atomic mass is 79.9. The van der Waals surface area contributed by atoms with Crippen molar-refractivity contribution < 1.29 is 14.2 Å². The predicted molar refractivity (Wildman–Crippen MR) is 77.9 cm³/mol. The zero-order valence-electron chi connectivity index (χ0n) is 11.5. The Morgan fingerprint density at radius 3 is 2.63 bits per heavy atom. The van der Waals surface area contributed by atoms with Gasteiger partial charge in [0.15, 0.2) is 6.29 Å². The smallest absolute Gasteiger partial charge is 0.157 e. The summed E-state index contributed by atoms with van der Waals surface area (Å²) >= 11 is 3.53. The average molecular weight is 329 g/mol. The Morgan fingerprint density at radius 1 is 1.32 bits per heavy atom. The van der Waals surface area contributed by atoms with Crippen molar-refractivity contribution in [2.24, 2.45) is 0 Å². The fraction of sp³-hybridized carbons (Fsp3) is 0.600. The van der Waals surface area contributed by atoms with Crippen LogP contribution in [0.15, 0.2) is 28.7 Å². The number of hydrogen-bond donors (Lipinski definition) is 0. The van der Waals surface area contributed by atoms with Crippen molar-refractivity contribution in [3.63, 3.8) is 0 Å². The first-order valence-electron chi connectivity index (χ1n) is 6.73. The molecule has 0 atom stereocenters. The largest absolute Gasteiger partial charge is 0.366 e. The molecule has 0 amide bonds. The fourth-order valence-corrected chi connectivity index (χ4v) is 2.38. The molecule has 0 saturated carbocycles. The normalized spacial score (nSPS) is 27.4. The summed E-state index contributed by atoms with van der Waals surface area (Å²) in [7, 11) is 0. The second kappa shape index (κ2) is 6.84. The predicted octanol–water partition coefficient (Wildman–Crippen LogP) is 3.90. The van der Waals surface area contributed by atoms with Gasteiger partial charge in [-0.2, -0.15) is 0 Å². The van der Waals surface area contributed by atoms with E-state index in [0.717, 1.165) is 22.9 Å². The van der Waals surface area contributed by atoms with Crippen LogP contribution >= 0.6 is 15.9 Å². The minimum atomic E-state index is -0.362. The molecule has 0 N–H and O–H groups in total. The molecule has 0 aliphatic carbocycles. The van der Waals surface area contributed by atoms with Crippen LogP contribution in [-0.2, 0) is 20.8 Å². The van der Waals surface area contributed by atoms with Crippen LogP contribution in [-0.4, -0.2) is 25.1 Å². The second-order valence-electron chi connectivity index (χ2n) is 5.17.